The zero-order valence-electron chi connectivity index (χ0n) is 29.8. The van der Waals surface area contributed by atoms with Crippen molar-refractivity contribution in [3.05, 3.63) is 200 Å². The topological polar surface area (TPSA) is 16.4 Å². The Bertz CT molecular complexity index is 3200. The van der Waals surface area contributed by atoms with Crippen molar-refractivity contribution < 1.29 is 4.42 Å². The van der Waals surface area contributed by atoms with Gasteiger partial charge in [-0.2, -0.15) is 0 Å². The first-order valence-electron chi connectivity index (χ1n) is 18.7. The summed E-state index contributed by atoms with van der Waals surface area (Å²) in [5.74, 6) is 0. The first-order chi connectivity index (χ1) is 27.3. The van der Waals surface area contributed by atoms with Gasteiger partial charge >= 0.3 is 0 Å². The van der Waals surface area contributed by atoms with Gasteiger partial charge in [0.25, 0.3) is 0 Å². The average molecular weight is 720 g/mol. The SMILES string of the molecule is c1ccc(-c2ccc(N(c3ccc(-c4cccc5ccccc45)cc3)c3cccc4c3sc3ccccc34)cc2-c2cccc3oc4ccccc4c23)cc1. The Morgan fingerprint density at radius 3 is 1.91 bits per heavy atom. The van der Waals surface area contributed by atoms with Gasteiger partial charge in [0.2, 0.25) is 0 Å². The van der Waals surface area contributed by atoms with Gasteiger partial charge in [-0.15, -0.1) is 11.3 Å². The zero-order valence-corrected chi connectivity index (χ0v) is 30.6. The van der Waals surface area contributed by atoms with Gasteiger partial charge < -0.3 is 9.32 Å². The number of hydrogen-bond acceptors (Lipinski definition) is 3. The second-order valence-electron chi connectivity index (χ2n) is 14.0. The molecule has 2 aromatic heterocycles. The third kappa shape index (κ3) is 5.24. The molecule has 258 valence electrons. The second kappa shape index (κ2) is 12.9. The van der Waals surface area contributed by atoms with E-state index >= 15 is 0 Å². The Hall–Kier alpha value is -6.94. The summed E-state index contributed by atoms with van der Waals surface area (Å²) in [6, 6.07) is 72.2. The molecule has 0 fully saturated rings. The van der Waals surface area contributed by atoms with E-state index in [9.17, 15) is 0 Å². The Morgan fingerprint density at radius 1 is 0.382 bits per heavy atom. The predicted molar refractivity (Wildman–Crippen MR) is 235 cm³/mol. The van der Waals surface area contributed by atoms with Crippen LogP contribution in [0, 0.1) is 0 Å². The van der Waals surface area contributed by atoms with Crippen molar-refractivity contribution in [2.24, 2.45) is 0 Å². The molecule has 0 saturated carbocycles. The van der Waals surface area contributed by atoms with Crippen molar-refractivity contribution in [3.63, 3.8) is 0 Å². The maximum atomic E-state index is 6.42. The lowest BCUT2D eigenvalue weighted by molar-refractivity contribution is 0.669. The minimum Gasteiger partial charge on any atom is -0.456 e. The molecule has 0 radical (unpaired) electrons. The number of fused-ring (bicyclic) bond motifs is 7. The predicted octanol–water partition coefficient (Wildman–Crippen LogP) is 15.6. The van der Waals surface area contributed by atoms with E-state index in [2.05, 4.69) is 199 Å². The van der Waals surface area contributed by atoms with Gasteiger partial charge in [-0.25, -0.2) is 0 Å². The molecule has 0 amide bonds. The summed E-state index contributed by atoms with van der Waals surface area (Å²) in [6.07, 6.45) is 0. The Labute approximate surface area is 322 Å². The van der Waals surface area contributed by atoms with E-state index in [0.29, 0.717) is 0 Å². The Morgan fingerprint density at radius 2 is 1.02 bits per heavy atom. The summed E-state index contributed by atoms with van der Waals surface area (Å²) in [6.45, 7) is 0. The lowest BCUT2D eigenvalue weighted by atomic mass is 9.91. The van der Waals surface area contributed by atoms with E-state index in [4.69, 9.17) is 4.42 Å². The van der Waals surface area contributed by atoms with E-state index < -0.39 is 0 Å². The molecule has 0 aliphatic carbocycles. The molecule has 55 heavy (non-hydrogen) atoms. The third-order valence-electron chi connectivity index (χ3n) is 10.9. The van der Waals surface area contributed by atoms with Gasteiger partial charge in [-0.05, 0) is 92.7 Å². The van der Waals surface area contributed by atoms with E-state index in [0.717, 1.165) is 50.1 Å². The highest BCUT2D eigenvalue weighted by molar-refractivity contribution is 7.26. The van der Waals surface area contributed by atoms with Gasteiger partial charge in [0.15, 0.2) is 0 Å². The first-order valence-corrected chi connectivity index (χ1v) is 19.5. The highest BCUT2D eigenvalue weighted by Crippen LogP contribution is 2.48. The van der Waals surface area contributed by atoms with Crippen LogP contribution in [0.15, 0.2) is 205 Å². The molecule has 11 aromatic rings. The number of anilines is 3. The van der Waals surface area contributed by atoms with E-state index in [1.165, 1.54) is 53.2 Å². The zero-order chi connectivity index (χ0) is 36.3. The number of hydrogen-bond donors (Lipinski definition) is 0. The summed E-state index contributed by atoms with van der Waals surface area (Å²) in [5.41, 5.74) is 12.2. The van der Waals surface area contributed by atoms with Crippen molar-refractivity contribution in [2.75, 3.05) is 4.90 Å². The van der Waals surface area contributed by atoms with Crippen molar-refractivity contribution >= 4 is 81.3 Å². The minimum atomic E-state index is 0.888. The van der Waals surface area contributed by atoms with Crippen LogP contribution in [0.1, 0.15) is 0 Å². The number of thiophene rings is 1. The van der Waals surface area contributed by atoms with Gasteiger partial charge in [0.1, 0.15) is 11.2 Å². The van der Waals surface area contributed by atoms with Crippen LogP contribution in [-0.2, 0) is 0 Å². The summed E-state index contributed by atoms with van der Waals surface area (Å²) in [4.78, 5) is 2.44. The van der Waals surface area contributed by atoms with E-state index in [1.807, 2.05) is 17.4 Å². The van der Waals surface area contributed by atoms with Crippen LogP contribution in [0.3, 0.4) is 0 Å². The number of furan rings is 1. The van der Waals surface area contributed by atoms with Crippen molar-refractivity contribution in [3.8, 4) is 33.4 Å². The van der Waals surface area contributed by atoms with Crippen LogP contribution < -0.4 is 4.90 Å². The van der Waals surface area contributed by atoms with Crippen LogP contribution in [0.5, 0.6) is 0 Å². The lowest BCUT2D eigenvalue weighted by Gasteiger charge is -2.27. The third-order valence-corrected chi connectivity index (χ3v) is 12.1. The van der Waals surface area contributed by atoms with Gasteiger partial charge in [0.05, 0.1) is 10.4 Å². The highest BCUT2D eigenvalue weighted by Gasteiger charge is 2.22. The molecule has 9 aromatic carbocycles. The van der Waals surface area contributed by atoms with E-state index in [1.54, 1.807) is 0 Å². The molecular formula is C52H33NOS. The van der Waals surface area contributed by atoms with Gasteiger partial charge in [0, 0.05) is 37.6 Å². The lowest BCUT2D eigenvalue weighted by Crippen LogP contribution is -2.10. The molecule has 0 unspecified atom stereocenters. The molecule has 11 rings (SSSR count). The maximum absolute atomic E-state index is 6.42. The van der Waals surface area contributed by atoms with Gasteiger partial charge in [-0.1, -0.05) is 152 Å². The first kappa shape index (κ1) is 31.6. The van der Waals surface area contributed by atoms with Crippen LogP contribution in [0.4, 0.5) is 17.1 Å². The van der Waals surface area contributed by atoms with Crippen LogP contribution in [0.25, 0.3) is 86.3 Å². The smallest absolute Gasteiger partial charge is 0.136 e. The second-order valence-corrected chi connectivity index (χ2v) is 15.1. The number of rotatable bonds is 6. The summed E-state index contributed by atoms with van der Waals surface area (Å²) < 4.78 is 8.97. The molecule has 0 saturated heterocycles. The number of nitrogens with zero attached hydrogens (tertiary/aromatic N) is 1. The molecule has 0 aliphatic rings. The minimum absolute atomic E-state index is 0.888. The number of para-hydroxylation sites is 1. The molecule has 0 atom stereocenters. The van der Waals surface area contributed by atoms with Crippen molar-refractivity contribution in [1.29, 1.82) is 0 Å². The van der Waals surface area contributed by atoms with Gasteiger partial charge in [-0.3, -0.25) is 0 Å². The Balaban J connectivity index is 1.16. The molecule has 0 aliphatic heterocycles. The number of benzene rings is 9. The Kier molecular flexibility index (Phi) is 7.39. The monoisotopic (exact) mass is 719 g/mol. The van der Waals surface area contributed by atoms with Crippen LogP contribution in [-0.4, -0.2) is 0 Å². The molecule has 2 nitrogen and oxygen atoms in total. The van der Waals surface area contributed by atoms with E-state index in [-0.39, 0.29) is 0 Å². The quantitative estimate of drug-likeness (QED) is 0.170. The van der Waals surface area contributed by atoms with Crippen LogP contribution in [0.2, 0.25) is 0 Å². The fourth-order valence-corrected chi connectivity index (χ4v) is 9.57. The fourth-order valence-electron chi connectivity index (χ4n) is 8.37. The normalized spacial score (nSPS) is 11.6. The molecule has 0 N–H and O–H groups in total. The maximum Gasteiger partial charge on any atom is 0.136 e. The molecular weight excluding hydrogens is 687 g/mol. The molecule has 0 bridgehead atoms. The summed E-state index contributed by atoms with van der Waals surface area (Å²) >= 11 is 1.86. The largest absolute Gasteiger partial charge is 0.456 e. The molecule has 2 heterocycles. The van der Waals surface area contributed by atoms with Crippen molar-refractivity contribution in [1.82, 2.24) is 0 Å². The molecule has 3 heteroatoms. The summed E-state index contributed by atoms with van der Waals surface area (Å²) in [7, 11) is 0. The van der Waals surface area contributed by atoms with Crippen molar-refractivity contribution in [2.45, 2.75) is 0 Å². The molecule has 0 spiro atoms. The summed E-state index contributed by atoms with van der Waals surface area (Å²) in [5, 5.41) is 7.30. The fraction of sp³-hybridized carbons (Fsp3) is 0. The van der Waals surface area contributed by atoms with Crippen LogP contribution >= 0.6 is 11.3 Å². The highest BCUT2D eigenvalue weighted by atomic mass is 32.1. The standard InChI is InChI=1S/C52H33NOS/c1-2-13-34(14-3-1)41-32-31-38(33-46(41)43-21-12-25-49-51(43)45-19-6-8-24-48(45)54-49)53(47-23-11-22-44-42-18-7-9-26-50(42)55-52(44)47)37-29-27-36(28-30-37)40-20-10-16-35-15-4-5-17-39(35)40/h1-33H. The average Bonchev–Trinajstić information content (AvgIpc) is 3.83.